The number of amides is 1. The Kier molecular flexibility index (Phi) is 4.11. The summed E-state index contributed by atoms with van der Waals surface area (Å²) < 4.78 is 5.20. The molecule has 0 saturated carbocycles. The minimum atomic E-state index is -0.109. The minimum Gasteiger partial charge on any atom is -0.381 e. The van der Waals surface area contributed by atoms with Crippen molar-refractivity contribution in [2.45, 2.75) is 12.8 Å². The van der Waals surface area contributed by atoms with Crippen LogP contribution in [0.5, 0.6) is 0 Å². The number of carbonyl (C=O) groups excluding carboxylic acids is 1. The van der Waals surface area contributed by atoms with E-state index < -0.39 is 0 Å². The summed E-state index contributed by atoms with van der Waals surface area (Å²) in [6.45, 7) is 1.39. The lowest BCUT2D eigenvalue weighted by Gasteiger charge is -2.10. The van der Waals surface area contributed by atoms with Gasteiger partial charge >= 0.3 is 0 Å². The summed E-state index contributed by atoms with van der Waals surface area (Å²) >= 11 is 5.77. The lowest BCUT2D eigenvalue weighted by Crippen LogP contribution is -2.31. The Bertz CT molecular complexity index is 396. The van der Waals surface area contributed by atoms with E-state index >= 15 is 0 Å². The zero-order valence-corrected chi connectivity index (χ0v) is 9.91. The summed E-state index contributed by atoms with van der Waals surface area (Å²) in [4.78, 5) is 19.3. The molecule has 0 aromatic carbocycles. The van der Waals surface area contributed by atoms with Crippen molar-refractivity contribution in [2.75, 3.05) is 18.6 Å². The number of hydrogen-bond acceptors (Lipinski definition) is 5. The maximum Gasteiger partial charge on any atom is 0.238 e. The summed E-state index contributed by atoms with van der Waals surface area (Å²) in [6, 6.07) is 0. The van der Waals surface area contributed by atoms with Gasteiger partial charge in [-0.1, -0.05) is 11.6 Å². The molecule has 6 nitrogen and oxygen atoms in total. The van der Waals surface area contributed by atoms with Gasteiger partial charge in [-0.25, -0.2) is 9.97 Å². The fourth-order valence-corrected chi connectivity index (χ4v) is 1.74. The van der Waals surface area contributed by atoms with Gasteiger partial charge in [-0.05, 0) is 12.3 Å². The van der Waals surface area contributed by atoms with Crippen LogP contribution in [0.25, 0.3) is 0 Å². The van der Waals surface area contributed by atoms with E-state index in [1.54, 1.807) is 0 Å². The average molecular weight is 257 g/mol. The van der Waals surface area contributed by atoms with Gasteiger partial charge in [0.2, 0.25) is 5.91 Å². The third kappa shape index (κ3) is 3.54. The molecule has 0 spiro atoms. The molecule has 2 rings (SSSR count). The predicted octanol–water partition coefficient (Wildman–Crippen LogP) is 1.000. The SMILES string of the molecule is O=C(CC1CCOC1)NNc1nccnc1Cl. The average Bonchev–Trinajstić information content (AvgIpc) is 2.81. The Morgan fingerprint density at radius 2 is 2.35 bits per heavy atom. The third-order valence-electron chi connectivity index (χ3n) is 2.47. The molecule has 0 radical (unpaired) electrons. The fourth-order valence-electron chi connectivity index (χ4n) is 1.59. The molecular formula is C10H13ClN4O2. The molecule has 0 aliphatic carbocycles. The molecule has 17 heavy (non-hydrogen) atoms. The normalized spacial score (nSPS) is 19.0. The molecule has 1 atom stereocenters. The monoisotopic (exact) mass is 256 g/mol. The molecule has 2 N–H and O–H groups in total. The van der Waals surface area contributed by atoms with Gasteiger partial charge in [0.15, 0.2) is 11.0 Å². The molecule has 7 heteroatoms. The fraction of sp³-hybridized carbons (Fsp3) is 0.500. The predicted molar refractivity (Wildman–Crippen MR) is 62.4 cm³/mol. The number of hydrazine groups is 1. The van der Waals surface area contributed by atoms with E-state index in [-0.39, 0.29) is 11.1 Å². The zero-order chi connectivity index (χ0) is 12.1. The van der Waals surface area contributed by atoms with Crippen LogP contribution in [0.1, 0.15) is 12.8 Å². The first-order valence-corrected chi connectivity index (χ1v) is 5.72. The minimum absolute atomic E-state index is 0.109. The summed E-state index contributed by atoms with van der Waals surface area (Å²) in [5.74, 6) is 0.529. The second-order valence-corrected chi connectivity index (χ2v) is 4.16. The number of aromatic nitrogens is 2. The van der Waals surface area contributed by atoms with Crippen LogP contribution in [0, 0.1) is 5.92 Å². The highest BCUT2D eigenvalue weighted by atomic mass is 35.5. The van der Waals surface area contributed by atoms with E-state index in [9.17, 15) is 4.79 Å². The van der Waals surface area contributed by atoms with Gasteiger partial charge in [0.25, 0.3) is 0 Å². The molecule has 2 heterocycles. The van der Waals surface area contributed by atoms with Crippen LogP contribution in [0.3, 0.4) is 0 Å². The van der Waals surface area contributed by atoms with E-state index in [0.717, 1.165) is 13.0 Å². The summed E-state index contributed by atoms with van der Waals surface area (Å²) in [7, 11) is 0. The Morgan fingerprint density at radius 3 is 3.06 bits per heavy atom. The standard InChI is InChI=1S/C10H13ClN4O2/c11-9-10(13-3-2-12-9)15-14-8(16)5-7-1-4-17-6-7/h2-3,7H,1,4-6H2,(H,13,15)(H,14,16). The van der Waals surface area contributed by atoms with Gasteiger partial charge in [-0.3, -0.25) is 15.6 Å². The van der Waals surface area contributed by atoms with Crippen molar-refractivity contribution < 1.29 is 9.53 Å². The van der Waals surface area contributed by atoms with Crippen molar-refractivity contribution in [3.63, 3.8) is 0 Å². The lowest BCUT2D eigenvalue weighted by molar-refractivity contribution is -0.121. The molecule has 1 amide bonds. The van der Waals surface area contributed by atoms with Gasteiger partial charge in [-0.15, -0.1) is 0 Å². The first kappa shape index (κ1) is 12.1. The summed E-state index contributed by atoms with van der Waals surface area (Å²) in [5.41, 5.74) is 5.18. The zero-order valence-electron chi connectivity index (χ0n) is 9.15. The molecule has 0 bridgehead atoms. The van der Waals surface area contributed by atoms with Crippen LogP contribution < -0.4 is 10.9 Å². The largest absolute Gasteiger partial charge is 0.381 e. The molecular weight excluding hydrogens is 244 g/mol. The van der Waals surface area contributed by atoms with Crippen LogP contribution >= 0.6 is 11.6 Å². The maximum absolute atomic E-state index is 11.6. The highest BCUT2D eigenvalue weighted by molar-refractivity contribution is 6.31. The molecule has 1 aromatic heterocycles. The van der Waals surface area contributed by atoms with Gasteiger partial charge in [0.05, 0.1) is 0 Å². The van der Waals surface area contributed by atoms with Crippen LogP contribution in [0.15, 0.2) is 12.4 Å². The van der Waals surface area contributed by atoms with Gasteiger partial charge < -0.3 is 4.74 Å². The molecule has 1 saturated heterocycles. The van der Waals surface area contributed by atoms with Crippen LogP contribution in [0.4, 0.5) is 5.82 Å². The van der Waals surface area contributed by atoms with Gasteiger partial charge in [0, 0.05) is 32.0 Å². The second-order valence-electron chi connectivity index (χ2n) is 3.80. The second kappa shape index (κ2) is 5.79. The topological polar surface area (TPSA) is 76.1 Å². The Labute approximate surface area is 104 Å². The van der Waals surface area contributed by atoms with Crippen LogP contribution in [0.2, 0.25) is 5.15 Å². The molecule has 1 aliphatic rings. The number of halogens is 1. The number of nitrogens with zero attached hydrogens (tertiary/aromatic N) is 2. The summed E-state index contributed by atoms with van der Waals surface area (Å²) in [5, 5.41) is 0.219. The summed E-state index contributed by atoms with van der Waals surface area (Å²) in [6.07, 6.45) is 4.33. The first-order chi connectivity index (χ1) is 8.25. The maximum atomic E-state index is 11.6. The number of nitrogens with one attached hydrogen (secondary N) is 2. The van der Waals surface area contributed by atoms with Crippen molar-refractivity contribution in [1.82, 2.24) is 15.4 Å². The van der Waals surface area contributed by atoms with E-state index in [2.05, 4.69) is 20.8 Å². The van der Waals surface area contributed by atoms with E-state index in [1.165, 1.54) is 12.4 Å². The lowest BCUT2D eigenvalue weighted by atomic mass is 10.1. The number of carbonyl (C=O) groups is 1. The highest BCUT2D eigenvalue weighted by Crippen LogP contribution is 2.16. The van der Waals surface area contributed by atoms with Crippen molar-refractivity contribution in [1.29, 1.82) is 0 Å². The molecule has 92 valence electrons. The molecule has 1 aliphatic heterocycles. The Morgan fingerprint density at radius 1 is 1.53 bits per heavy atom. The first-order valence-electron chi connectivity index (χ1n) is 5.35. The number of anilines is 1. The highest BCUT2D eigenvalue weighted by Gasteiger charge is 2.19. The van der Waals surface area contributed by atoms with Crippen molar-refractivity contribution >= 4 is 23.3 Å². The molecule has 1 fully saturated rings. The third-order valence-corrected chi connectivity index (χ3v) is 2.75. The van der Waals surface area contributed by atoms with E-state index in [4.69, 9.17) is 16.3 Å². The van der Waals surface area contributed by atoms with Crippen LogP contribution in [-0.4, -0.2) is 29.1 Å². The number of hydrogen-bond donors (Lipinski definition) is 2. The van der Waals surface area contributed by atoms with Gasteiger partial charge in [-0.2, -0.15) is 0 Å². The Balaban J connectivity index is 1.77. The van der Waals surface area contributed by atoms with Crippen molar-refractivity contribution in [3.8, 4) is 0 Å². The molecule has 1 unspecified atom stereocenters. The quantitative estimate of drug-likeness (QED) is 0.786. The van der Waals surface area contributed by atoms with Crippen LogP contribution in [-0.2, 0) is 9.53 Å². The van der Waals surface area contributed by atoms with E-state index in [1.807, 2.05) is 0 Å². The van der Waals surface area contributed by atoms with E-state index in [0.29, 0.717) is 24.8 Å². The van der Waals surface area contributed by atoms with Crippen molar-refractivity contribution in [3.05, 3.63) is 17.5 Å². The smallest absolute Gasteiger partial charge is 0.238 e. The Hall–Kier alpha value is -1.40. The van der Waals surface area contributed by atoms with Gasteiger partial charge in [0.1, 0.15) is 0 Å². The van der Waals surface area contributed by atoms with Crippen molar-refractivity contribution in [2.24, 2.45) is 5.92 Å². The number of ether oxygens (including phenoxy) is 1. The molecule has 1 aromatic rings. The number of rotatable bonds is 4.